The van der Waals surface area contributed by atoms with Crippen LogP contribution in [0.15, 0.2) is 30.3 Å². The highest BCUT2D eigenvalue weighted by Gasteiger charge is 2.37. The van der Waals surface area contributed by atoms with Crippen LogP contribution in [-0.2, 0) is 19.6 Å². The molecule has 4 rings (SSSR count). The fourth-order valence-corrected chi connectivity index (χ4v) is 3.99. The molecule has 1 aliphatic heterocycles. The van der Waals surface area contributed by atoms with Gasteiger partial charge >= 0.3 is 6.18 Å². The van der Waals surface area contributed by atoms with Crippen LogP contribution in [0.1, 0.15) is 45.4 Å². The van der Waals surface area contributed by atoms with Gasteiger partial charge in [-0.15, -0.1) is 0 Å². The summed E-state index contributed by atoms with van der Waals surface area (Å²) >= 11 is 0. The van der Waals surface area contributed by atoms with Gasteiger partial charge in [0.15, 0.2) is 5.75 Å². The Morgan fingerprint density at radius 1 is 1.27 bits per heavy atom. The Hall–Kier alpha value is -3.03. The third-order valence-corrected chi connectivity index (χ3v) is 5.62. The lowest BCUT2D eigenvalue weighted by molar-refractivity contribution is -0.139. The maximum absolute atomic E-state index is 13.5. The highest BCUT2D eigenvalue weighted by Crippen LogP contribution is 2.44. The summed E-state index contributed by atoms with van der Waals surface area (Å²) in [6.45, 7) is 1.83. The van der Waals surface area contributed by atoms with Crippen molar-refractivity contribution >= 4 is 16.9 Å². The summed E-state index contributed by atoms with van der Waals surface area (Å²) in [6.07, 6.45) is -4.48. The Balaban J connectivity index is 1.89. The minimum absolute atomic E-state index is 0.0980. The molecule has 2 heterocycles. The molecule has 2 aromatic carbocycles. The Morgan fingerprint density at radius 2 is 1.97 bits per heavy atom. The van der Waals surface area contributed by atoms with E-state index in [1.165, 1.54) is 17.0 Å². The number of hydrogen-bond donors (Lipinski definition) is 0. The third-order valence-electron chi connectivity index (χ3n) is 5.62. The molecular weight excluding hydrogens is 395 g/mol. The first-order chi connectivity index (χ1) is 14.1. The molecule has 0 saturated heterocycles. The maximum atomic E-state index is 13.5. The van der Waals surface area contributed by atoms with E-state index in [0.29, 0.717) is 40.8 Å². The Labute approximate surface area is 172 Å². The van der Waals surface area contributed by atoms with Crippen molar-refractivity contribution in [2.24, 2.45) is 7.05 Å². The summed E-state index contributed by atoms with van der Waals surface area (Å²) in [7, 11) is 5.17. The fourth-order valence-electron chi connectivity index (χ4n) is 3.99. The van der Waals surface area contributed by atoms with Crippen molar-refractivity contribution in [3.8, 4) is 5.75 Å². The number of ether oxygens (including phenoxy) is 1. The van der Waals surface area contributed by atoms with Crippen LogP contribution in [-0.4, -0.2) is 34.5 Å². The van der Waals surface area contributed by atoms with Crippen molar-refractivity contribution in [2.45, 2.75) is 32.0 Å². The molecule has 5 nitrogen and oxygen atoms in total. The summed E-state index contributed by atoms with van der Waals surface area (Å²) in [5.74, 6) is 0.947. The molecule has 1 aliphatic rings. The van der Waals surface area contributed by atoms with Crippen LogP contribution in [0.5, 0.6) is 5.75 Å². The SMILES string of the molecule is Cc1nc2c3c(c(C(=O)N(C)C)cc2n1C)CC[C@@H](c1ccccc1C(F)(F)F)O3. The van der Waals surface area contributed by atoms with Crippen molar-refractivity contribution in [2.75, 3.05) is 14.1 Å². The van der Waals surface area contributed by atoms with E-state index in [-0.39, 0.29) is 11.5 Å². The zero-order valence-corrected chi connectivity index (χ0v) is 17.2. The Morgan fingerprint density at radius 3 is 2.63 bits per heavy atom. The van der Waals surface area contributed by atoms with Crippen molar-refractivity contribution in [1.29, 1.82) is 0 Å². The molecule has 1 atom stereocenters. The molecule has 158 valence electrons. The third kappa shape index (κ3) is 3.20. The topological polar surface area (TPSA) is 47.4 Å². The largest absolute Gasteiger partial charge is 0.483 e. The smallest absolute Gasteiger partial charge is 0.416 e. The number of hydrogen-bond acceptors (Lipinski definition) is 3. The molecule has 1 amide bonds. The average molecular weight is 417 g/mol. The molecule has 0 unspecified atom stereocenters. The second-order valence-electron chi connectivity index (χ2n) is 7.75. The number of carbonyl (C=O) groups is 1. The zero-order chi connectivity index (χ0) is 21.8. The molecule has 0 radical (unpaired) electrons. The van der Waals surface area contributed by atoms with E-state index in [0.717, 1.165) is 11.9 Å². The van der Waals surface area contributed by atoms with Gasteiger partial charge in [-0.3, -0.25) is 4.79 Å². The van der Waals surface area contributed by atoms with Crippen LogP contribution in [0, 0.1) is 6.92 Å². The molecule has 8 heteroatoms. The van der Waals surface area contributed by atoms with Gasteiger partial charge in [0.05, 0.1) is 11.1 Å². The second-order valence-corrected chi connectivity index (χ2v) is 7.75. The first kappa shape index (κ1) is 20.3. The lowest BCUT2D eigenvalue weighted by atomic mass is 9.91. The predicted molar refractivity (Wildman–Crippen MR) is 107 cm³/mol. The number of fused-ring (bicyclic) bond motifs is 3. The summed E-state index contributed by atoms with van der Waals surface area (Å²) in [6, 6.07) is 7.27. The molecule has 0 N–H and O–H groups in total. The minimum atomic E-state index is -4.47. The summed E-state index contributed by atoms with van der Waals surface area (Å²) in [4.78, 5) is 18.9. The van der Waals surface area contributed by atoms with Crippen LogP contribution < -0.4 is 4.74 Å². The molecule has 3 aromatic rings. The van der Waals surface area contributed by atoms with Gasteiger partial charge in [0.2, 0.25) is 0 Å². The molecule has 0 spiro atoms. The maximum Gasteiger partial charge on any atom is 0.416 e. The number of rotatable bonds is 2. The van der Waals surface area contributed by atoms with E-state index in [2.05, 4.69) is 4.98 Å². The van der Waals surface area contributed by atoms with Gasteiger partial charge in [-0.2, -0.15) is 13.2 Å². The van der Waals surface area contributed by atoms with E-state index in [1.807, 2.05) is 18.5 Å². The number of alkyl halides is 3. The second kappa shape index (κ2) is 7.04. The van der Waals surface area contributed by atoms with Gasteiger partial charge in [0.1, 0.15) is 17.4 Å². The van der Waals surface area contributed by atoms with E-state index in [1.54, 1.807) is 26.2 Å². The number of benzene rings is 2. The molecule has 0 fully saturated rings. The van der Waals surface area contributed by atoms with Crippen molar-refractivity contribution < 1.29 is 22.7 Å². The van der Waals surface area contributed by atoms with E-state index in [4.69, 9.17) is 4.74 Å². The first-order valence-electron chi connectivity index (χ1n) is 9.63. The van der Waals surface area contributed by atoms with Crippen LogP contribution >= 0.6 is 0 Å². The van der Waals surface area contributed by atoms with Gasteiger partial charge in [-0.05, 0) is 31.9 Å². The number of halogens is 3. The molecule has 30 heavy (non-hydrogen) atoms. The monoisotopic (exact) mass is 417 g/mol. The summed E-state index contributed by atoms with van der Waals surface area (Å²) in [5, 5.41) is 0. The molecule has 1 aromatic heterocycles. The van der Waals surface area contributed by atoms with Crippen LogP contribution in [0.2, 0.25) is 0 Å². The van der Waals surface area contributed by atoms with Crippen molar-refractivity contribution in [3.63, 3.8) is 0 Å². The summed E-state index contributed by atoms with van der Waals surface area (Å²) in [5.41, 5.74) is 1.86. The lowest BCUT2D eigenvalue weighted by Crippen LogP contribution is -2.26. The summed E-state index contributed by atoms with van der Waals surface area (Å²) < 4.78 is 48.6. The van der Waals surface area contributed by atoms with Crippen LogP contribution in [0.4, 0.5) is 13.2 Å². The highest BCUT2D eigenvalue weighted by atomic mass is 19.4. The Kier molecular flexibility index (Phi) is 4.75. The van der Waals surface area contributed by atoms with Crippen LogP contribution in [0.25, 0.3) is 11.0 Å². The Bertz CT molecular complexity index is 1150. The normalized spacial score (nSPS) is 16.3. The predicted octanol–water partition coefficient (Wildman–Crippen LogP) is 4.67. The number of nitrogens with zero attached hydrogens (tertiary/aromatic N) is 3. The molecule has 0 saturated carbocycles. The number of imidazole rings is 1. The van der Waals surface area contributed by atoms with Crippen molar-refractivity contribution in [1.82, 2.24) is 14.5 Å². The van der Waals surface area contributed by atoms with Crippen molar-refractivity contribution in [3.05, 3.63) is 58.4 Å². The fraction of sp³-hybridized carbons (Fsp3) is 0.364. The highest BCUT2D eigenvalue weighted by molar-refractivity contribution is 6.01. The van der Waals surface area contributed by atoms with Crippen LogP contribution in [0.3, 0.4) is 0 Å². The molecular formula is C22H22F3N3O2. The van der Waals surface area contributed by atoms with Gasteiger partial charge in [0.25, 0.3) is 5.91 Å². The molecule has 0 bridgehead atoms. The number of carbonyl (C=O) groups excluding carboxylic acids is 1. The minimum Gasteiger partial charge on any atom is -0.483 e. The van der Waals surface area contributed by atoms with E-state index >= 15 is 0 Å². The van der Waals surface area contributed by atoms with Gasteiger partial charge in [-0.25, -0.2) is 4.98 Å². The van der Waals surface area contributed by atoms with Gasteiger partial charge < -0.3 is 14.2 Å². The van der Waals surface area contributed by atoms with E-state index in [9.17, 15) is 18.0 Å². The average Bonchev–Trinajstić information content (AvgIpc) is 3.00. The number of amides is 1. The standard InChI is InChI=1S/C22H22F3N3O2/c1-12-26-19-17(28(12)4)11-15(21(29)27(2)3)13-9-10-18(30-20(13)19)14-7-5-6-8-16(14)22(23,24)25/h5-8,11,18H,9-10H2,1-4H3/t18-/m0/s1. The lowest BCUT2D eigenvalue weighted by Gasteiger charge is -2.30. The first-order valence-corrected chi connectivity index (χ1v) is 9.63. The van der Waals surface area contributed by atoms with Gasteiger partial charge in [0, 0.05) is 37.8 Å². The quantitative estimate of drug-likeness (QED) is 0.609. The number of aromatic nitrogens is 2. The van der Waals surface area contributed by atoms with E-state index < -0.39 is 17.8 Å². The zero-order valence-electron chi connectivity index (χ0n) is 17.2. The molecule has 0 aliphatic carbocycles. The van der Waals surface area contributed by atoms with Gasteiger partial charge in [-0.1, -0.05) is 18.2 Å². The number of aryl methyl sites for hydroxylation is 2.